The largest absolute Gasteiger partial charge is 0.481 e. The van der Waals surface area contributed by atoms with Gasteiger partial charge in [0.1, 0.15) is 0 Å². The first-order chi connectivity index (χ1) is 14.3. The fourth-order valence-corrected chi connectivity index (χ4v) is 3.73. The summed E-state index contributed by atoms with van der Waals surface area (Å²) in [6.45, 7) is 0. The number of benzene rings is 3. The maximum absolute atomic E-state index is 13.1. The molecule has 1 heterocycles. The highest BCUT2D eigenvalue weighted by atomic mass is 19.4. The monoisotopic (exact) mass is 409 g/mol. The molecule has 152 valence electrons. The summed E-state index contributed by atoms with van der Waals surface area (Å²) in [5, 5.41) is 10.7. The quantitative estimate of drug-likeness (QED) is 0.435. The van der Waals surface area contributed by atoms with E-state index in [0.717, 1.165) is 28.7 Å². The summed E-state index contributed by atoms with van der Waals surface area (Å²) in [6.07, 6.45) is -2.74. The second kappa shape index (κ2) is 7.71. The Balaban J connectivity index is 1.80. The van der Waals surface area contributed by atoms with Crippen molar-refractivity contribution in [2.24, 2.45) is 0 Å². The summed E-state index contributed by atoms with van der Waals surface area (Å²) >= 11 is 0. The molecule has 0 bridgehead atoms. The van der Waals surface area contributed by atoms with Crippen molar-refractivity contribution >= 4 is 16.9 Å². The maximum atomic E-state index is 13.1. The normalized spacial score (nSPS) is 12.8. The summed E-state index contributed by atoms with van der Waals surface area (Å²) < 4.78 is 41.1. The minimum absolute atomic E-state index is 0.0396. The van der Waals surface area contributed by atoms with E-state index in [2.05, 4.69) is 0 Å². The fourth-order valence-electron chi connectivity index (χ4n) is 3.73. The molecule has 1 N–H and O–H groups in total. The van der Waals surface area contributed by atoms with Crippen molar-refractivity contribution in [2.45, 2.75) is 18.5 Å². The summed E-state index contributed by atoms with van der Waals surface area (Å²) in [6, 6.07) is 21.8. The van der Waals surface area contributed by atoms with E-state index in [0.29, 0.717) is 11.1 Å². The number of carboxylic acids is 1. The number of halogens is 3. The molecule has 0 aliphatic heterocycles. The van der Waals surface area contributed by atoms with E-state index in [1.807, 2.05) is 59.2 Å². The number of carboxylic acid groups (broad SMARTS) is 1. The van der Waals surface area contributed by atoms with Crippen molar-refractivity contribution in [3.8, 4) is 5.69 Å². The molecule has 0 fully saturated rings. The average Bonchev–Trinajstić information content (AvgIpc) is 3.11. The van der Waals surface area contributed by atoms with Crippen molar-refractivity contribution in [1.82, 2.24) is 4.57 Å². The van der Waals surface area contributed by atoms with Crippen LogP contribution in [-0.2, 0) is 17.4 Å². The lowest BCUT2D eigenvalue weighted by Crippen LogP contribution is -2.15. The van der Waals surface area contributed by atoms with Gasteiger partial charge in [0.25, 0.3) is 0 Å². The first kappa shape index (κ1) is 19.8. The molecule has 4 rings (SSSR count). The lowest BCUT2D eigenvalue weighted by atomic mass is 9.91. The van der Waals surface area contributed by atoms with Crippen LogP contribution in [0.4, 0.5) is 13.2 Å². The van der Waals surface area contributed by atoms with E-state index in [4.69, 9.17) is 0 Å². The van der Waals surface area contributed by atoms with Crippen LogP contribution in [-0.4, -0.2) is 15.6 Å². The van der Waals surface area contributed by atoms with E-state index in [9.17, 15) is 23.1 Å². The molecule has 0 saturated heterocycles. The van der Waals surface area contributed by atoms with Crippen LogP contribution in [0.25, 0.3) is 16.6 Å². The molecule has 3 aromatic carbocycles. The first-order valence-electron chi connectivity index (χ1n) is 9.39. The van der Waals surface area contributed by atoms with E-state index in [-0.39, 0.29) is 6.42 Å². The molecule has 30 heavy (non-hydrogen) atoms. The lowest BCUT2D eigenvalue weighted by molar-refractivity contribution is -0.138. The van der Waals surface area contributed by atoms with Crippen LogP contribution in [0.15, 0.2) is 85.1 Å². The third kappa shape index (κ3) is 3.81. The van der Waals surface area contributed by atoms with Crippen LogP contribution < -0.4 is 0 Å². The van der Waals surface area contributed by atoms with E-state index < -0.39 is 23.6 Å². The predicted octanol–water partition coefficient (Wildman–Crippen LogP) is 6.06. The number of para-hydroxylation sites is 2. The van der Waals surface area contributed by atoms with Gasteiger partial charge in [-0.1, -0.05) is 54.6 Å². The zero-order valence-corrected chi connectivity index (χ0v) is 15.8. The van der Waals surface area contributed by atoms with Gasteiger partial charge in [-0.05, 0) is 41.8 Å². The Hall–Kier alpha value is -3.54. The van der Waals surface area contributed by atoms with Crippen LogP contribution in [0.5, 0.6) is 0 Å². The molecule has 4 aromatic rings. The maximum Gasteiger partial charge on any atom is 0.416 e. The molecular formula is C24H18F3NO2. The molecule has 6 heteroatoms. The molecule has 3 nitrogen and oxygen atoms in total. The minimum atomic E-state index is -4.47. The fraction of sp³-hybridized carbons (Fsp3) is 0.125. The first-order valence-corrected chi connectivity index (χ1v) is 9.39. The second-order valence-corrected chi connectivity index (χ2v) is 7.10. The highest BCUT2D eigenvalue weighted by Crippen LogP contribution is 2.34. The molecule has 0 saturated carbocycles. The average molecular weight is 409 g/mol. The molecule has 0 aliphatic carbocycles. The van der Waals surface area contributed by atoms with Gasteiger partial charge in [-0.2, -0.15) is 13.2 Å². The lowest BCUT2D eigenvalue weighted by Gasteiger charge is -2.14. The van der Waals surface area contributed by atoms with Gasteiger partial charge in [-0.15, -0.1) is 0 Å². The number of aliphatic carboxylic acids is 1. The van der Waals surface area contributed by atoms with Crippen LogP contribution >= 0.6 is 0 Å². The molecular weight excluding hydrogens is 391 g/mol. The third-order valence-electron chi connectivity index (χ3n) is 5.14. The predicted molar refractivity (Wildman–Crippen MR) is 109 cm³/mol. The number of aromatic nitrogens is 1. The van der Waals surface area contributed by atoms with Gasteiger partial charge in [-0.3, -0.25) is 4.79 Å². The zero-order valence-electron chi connectivity index (χ0n) is 15.8. The standard InChI is InChI=1S/C24H18F3NO2/c25-24(26,27)17-8-6-7-16(13-17)14-20(23(29)30)21-15-28(18-9-2-1-3-10-18)22-12-5-4-11-19(21)22/h1-13,15,20H,14H2,(H,29,30). The van der Waals surface area contributed by atoms with E-state index in [1.165, 1.54) is 12.1 Å². The molecule has 0 spiro atoms. The van der Waals surface area contributed by atoms with Gasteiger partial charge in [0.05, 0.1) is 17.0 Å². The molecule has 0 aliphatic rings. The van der Waals surface area contributed by atoms with Crippen LogP contribution in [0.1, 0.15) is 22.6 Å². The number of alkyl halides is 3. The topological polar surface area (TPSA) is 42.2 Å². The Morgan fingerprint density at radius 2 is 1.63 bits per heavy atom. The van der Waals surface area contributed by atoms with Gasteiger partial charge in [-0.25, -0.2) is 0 Å². The summed E-state index contributed by atoms with van der Waals surface area (Å²) in [5.74, 6) is -2.06. The second-order valence-electron chi connectivity index (χ2n) is 7.10. The van der Waals surface area contributed by atoms with Crippen LogP contribution in [0.2, 0.25) is 0 Å². The number of carbonyl (C=O) groups is 1. The summed E-state index contributed by atoms with van der Waals surface area (Å²) in [7, 11) is 0. The zero-order chi connectivity index (χ0) is 21.3. The molecule has 0 amide bonds. The van der Waals surface area contributed by atoms with E-state index in [1.54, 1.807) is 6.20 Å². The molecule has 1 aromatic heterocycles. The summed E-state index contributed by atoms with van der Waals surface area (Å²) in [4.78, 5) is 12.1. The Morgan fingerprint density at radius 1 is 0.933 bits per heavy atom. The van der Waals surface area contributed by atoms with Crippen molar-refractivity contribution in [1.29, 1.82) is 0 Å². The number of hydrogen-bond acceptors (Lipinski definition) is 1. The van der Waals surface area contributed by atoms with Gasteiger partial charge in [0.15, 0.2) is 0 Å². The summed E-state index contributed by atoms with van der Waals surface area (Å²) in [5.41, 5.74) is 1.83. The van der Waals surface area contributed by atoms with Gasteiger partial charge >= 0.3 is 12.1 Å². The number of rotatable bonds is 5. The van der Waals surface area contributed by atoms with E-state index >= 15 is 0 Å². The van der Waals surface area contributed by atoms with Crippen LogP contribution in [0, 0.1) is 0 Å². The Bertz CT molecular complexity index is 1200. The third-order valence-corrected chi connectivity index (χ3v) is 5.14. The highest BCUT2D eigenvalue weighted by molar-refractivity contribution is 5.91. The van der Waals surface area contributed by atoms with Gasteiger partial charge in [0.2, 0.25) is 0 Å². The number of fused-ring (bicyclic) bond motifs is 1. The SMILES string of the molecule is O=C(O)C(Cc1cccc(C(F)(F)F)c1)c1cn(-c2ccccc2)c2ccccc12. The van der Waals surface area contributed by atoms with Crippen molar-refractivity contribution < 1.29 is 23.1 Å². The van der Waals surface area contributed by atoms with Crippen molar-refractivity contribution in [3.05, 3.63) is 102 Å². The van der Waals surface area contributed by atoms with Crippen molar-refractivity contribution in [3.63, 3.8) is 0 Å². The number of nitrogens with zero attached hydrogens (tertiary/aromatic N) is 1. The molecule has 0 radical (unpaired) electrons. The molecule has 1 unspecified atom stereocenters. The van der Waals surface area contributed by atoms with Crippen LogP contribution in [0.3, 0.4) is 0 Å². The minimum Gasteiger partial charge on any atom is -0.481 e. The van der Waals surface area contributed by atoms with Crippen molar-refractivity contribution in [2.75, 3.05) is 0 Å². The Labute approximate surface area is 171 Å². The Kier molecular flexibility index (Phi) is 5.08. The van der Waals surface area contributed by atoms with Gasteiger partial charge in [0, 0.05) is 17.3 Å². The highest BCUT2D eigenvalue weighted by Gasteiger charge is 2.31. The number of hydrogen-bond donors (Lipinski definition) is 1. The smallest absolute Gasteiger partial charge is 0.416 e. The Morgan fingerprint density at radius 3 is 2.33 bits per heavy atom. The van der Waals surface area contributed by atoms with Gasteiger partial charge < -0.3 is 9.67 Å². The molecule has 1 atom stereocenters.